The first kappa shape index (κ1) is 13.9. The second kappa shape index (κ2) is 7.13. The van der Waals surface area contributed by atoms with Gasteiger partial charge in [0.1, 0.15) is 0 Å². The average Bonchev–Trinajstić information content (AvgIpc) is 2.52. The van der Waals surface area contributed by atoms with Crippen LogP contribution < -0.4 is 10.6 Å². The largest absolute Gasteiger partial charge is 0.352 e. The van der Waals surface area contributed by atoms with Gasteiger partial charge in [0.25, 0.3) is 0 Å². The van der Waals surface area contributed by atoms with Crippen molar-refractivity contribution in [2.75, 3.05) is 6.54 Å². The van der Waals surface area contributed by atoms with Crippen LogP contribution in [0.3, 0.4) is 0 Å². The van der Waals surface area contributed by atoms with Crippen LogP contribution in [0, 0.1) is 5.92 Å². The molecule has 0 spiro atoms. The number of hydrogen-bond donors (Lipinski definition) is 2. The van der Waals surface area contributed by atoms with Crippen LogP contribution in [0.1, 0.15) is 64.7 Å². The Balaban J connectivity index is 1.61. The first-order valence-corrected chi connectivity index (χ1v) is 7.78. The van der Waals surface area contributed by atoms with Gasteiger partial charge in [-0.1, -0.05) is 32.1 Å². The molecule has 3 heteroatoms. The molecule has 2 N–H and O–H groups in total. The van der Waals surface area contributed by atoms with Crippen molar-refractivity contribution in [3.63, 3.8) is 0 Å². The highest BCUT2D eigenvalue weighted by molar-refractivity contribution is 5.78. The van der Waals surface area contributed by atoms with Gasteiger partial charge in [0.15, 0.2) is 0 Å². The van der Waals surface area contributed by atoms with Crippen molar-refractivity contribution in [2.45, 2.75) is 76.8 Å². The molecule has 0 aromatic heterocycles. The standard InChI is InChI=1S/C15H28N2O/c1-12(13-7-6-8-13)16-11-15(18)17-14-9-4-2-3-5-10-14/h12-14,16H,2-11H2,1H3,(H,17,18). The maximum Gasteiger partial charge on any atom is 0.234 e. The molecule has 0 aromatic rings. The Hall–Kier alpha value is -0.570. The van der Waals surface area contributed by atoms with E-state index in [0.717, 1.165) is 5.92 Å². The lowest BCUT2D eigenvalue weighted by molar-refractivity contribution is -0.121. The van der Waals surface area contributed by atoms with Crippen LogP contribution in [-0.2, 0) is 4.79 Å². The normalized spacial score (nSPS) is 24.1. The molecule has 2 saturated carbocycles. The van der Waals surface area contributed by atoms with E-state index in [1.54, 1.807) is 0 Å². The van der Waals surface area contributed by atoms with Crippen molar-refractivity contribution in [1.82, 2.24) is 10.6 Å². The fourth-order valence-corrected chi connectivity index (χ4v) is 3.06. The maximum atomic E-state index is 11.9. The number of carbonyl (C=O) groups is 1. The molecule has 2 aliphatic carbocycles. The van der Waals surface area contributed by atoms with Crippen LogP contribution >= 0.6 is 0 Å². The molecule has 0 radical (unpaired) electrons. The molecule has 0 aliphatic heterocycles. The van der Waals surface area contributed by atoms with Crippen molar-refractivity contribution in [2.24, 2.45) is 5.92 Å². The van der Waals surface area contributed by atoms with Crippen molar-refractivity contribution in [3.8, 4) is 0 Å². The fourth-order valence-electron chi connectivity index (χ4n) is 3.06. The SMILES string of the molecule is CC(NCC(=O)NC1CCCCCC1)C1CCC1. The van der Waals surface area contributed by atoms with Gasteiger partial charge < -0.3 is 10.6 Å². The van der Waals surface area contributed by atoms with Gasteiger partial charge in [0.05, 0.1) is 6.54 Å². The van der Waals surface area contributed by atoms with E-state index in [0.29, 0.717) is 18.6 Å². The Labute approximate surface area is 111 Å². The minimum absolute atomic E-state index is 0.188. The van der Waals surface area contributed by atoms with Gasteiger partial charge in [-0.25, -0.2) is 0 Å². The van der Waals surface area contributed by atoms with Crippen LogP contribution in [0.5, 0.6) is 0 Å². The van der Waals surface area contributed by atoms with Gasteiger partial charge in [0, 0.05) is 12.1 Å². The van der Waals surface area contributed by atoms with E-state index in [2.05, 4.69) is 17.6 Å². The third-order valence-corrected chi connectivity index (χ3v) is 4.66. The van der Waals surface area contributed by atoms with Crippen molar-refractivity contribution >= 4 is 5.91 Å². The van der Waals surface area contributed by atoms with E-state index in [-0.39, 0.29) is 5.91 Å². The van der Waals surface area contributed by atoms with Gasteiger partial charge in [-0.2, -0.15) is 0 Å². The number of amides is 1. The van der Waals surface area contributed by atoms with Crippen LogP contribution in [0.2, 0.25) is 0 Å². The minimum atomic E-state index is 0.188. The van der Waals surface area contributed by atoms with Crippen LogP contribution in [0.25, 0.3) is 0 Å². The summed E-state index contributed by atoms with van der Waals surface area (Å²) in [4.78, 5) is 11.9. The van der Waals surface area contributed by atoms with E-state index in [4.69, 9.17) is 0 Å². The summed E-state index contributed by atoms with van der Waals surface area (Å²) in [7, 11) is 0. The number of rotatable bonds is 5. The molecule has 0 aromatic carbocycles. The predicted octanol–water partition coefficient (Wildman–Crippen LogP) is 2.60. The zero-order chi connectivity index (χ0) is 12.8. The summed E-state index contributed by atoms with van der Waals surface area (Å²) < 4.78 is 0. The lowest BCUT2D eigenvalue weighted by Gasteiger charge is -2.32. The second-order valence-electron chi connectivity index (χ2n) is 6.12. The topological polar surface area (TPSA) is 41.1 Å². The van der Waals surface area contributed by atoms with Gasteiger partial charge in [-0.3, -0.25) is 4.79 Å². The summed E-state index contributed by atoms with van der Waals surface area (Å²) in [6.07, 6.45) is 11.6. The van der Waals surface area contributed by atoms with Gasteiger partial charge in [-0.15, -0.1) is 0 Å². The molecule has 2 rings (SSSR count). The molecule has 1 atom stereocenters. The molecular formula is C15H28N2O. The molecule has 18 heavy (non-hydrogen) atoms. The summed E-state index contributed by atoms with van der Waals surface area (Å²) in [5.74, 6) is 0.990. The van der Waals surface area contributed by atoms with E-state index in [1.165, 1.54) is 57.8 Å². The summed E-state index contributed by atoms with van der Waals surface area (Å²) in [5.41, 5.74) is 0. The lowest BCUT2D eigenvalue weighted by Crippen LogP contribution is -2.45. The molecule has 0 saturated heterocycles. The fraction of sp³-hybridized carbons (Fsp3) is 0.933. The Bertz CT molecular complexity index is 255. The maximum absolute atomic E-state index is 11.9. The molecule has 1 unspecified atom stereocenters. The lowest BCUT2D eigenvalue weighted by atomic mass is 9.80. The van der Waals surface area contributed by atoms with E-state index < -0.39 is 0 Å². The number of carbonyl (C=O) groups excluding carboxylic acids is 1. The van der Waals surface area contributed by atoms with Gasteiger partial charge >= 0.3 is 0 Å². The number of nitrogens with one attached hydrogen (secondary N) is 2. The van der Waals surface area contributed by atoms with E-state index in [9.17, 15) is 4.79 Å². The zero-order valence-electron chi connectivity index (χ0n) is 11.7. The summed E-state index contributed by atoms with van der Waals surface area (Å²) in [6.45, 7) is 2.71. The molecule has 1 amide bonds. The van der Waals surface area contributed by atoms with Crippen molar-refractivity contribution in [1.29, 1.82) is 0 Å². The van der Waals surface area contributed by atoms with Crippen molar-refractivity contribution < 1.29 is 4.79 Å². The first-order valence-electron chi connectivity index (χ1n) is 7.78. The second-order valence-corrected chi connectivity index (χ2v) is 6.12. The summed E-state index contributed by atoms with van der Waals surface area (Å²) in [5, 5.41) is 6.57. The highest BCUT2D eigenvalue weighted by atomic mass is 16.1. The Morgan fingerprint density at radius 2 is 1.72 bits per heavy atom. The Morgan fingerprint density at radius 1 is 1.06 bits per heavy atom. The Morgan fingerprint density at radius 3 is 2.28 bits per heavy atom. The van der Waals surface area contributed by atoms with Crippen LogP contribution in [0.4, 0.5) is 0 Å². The third kappa shape index (κ3) is 4.27. The highest BCUT2D eigenvalue weighted by Crippen LogP contribution is 2.29. The Kier molecular flexibility index (Phi) is 5.48. The smallest absolute Gasteiger partial charge is 0.234 e. The van der Waals surface area contributed by atoms with E-state index in [1.807, 2.05) is 0 Å². The van der Waals surface area contributed by atoms with Gasteiger partial charge in [-0.05, 0) is 38.5 Å². The molecule has 104 valence electrons. The molecule has 2 aliphatic rings. The van der Waals surface area contributed by atoms with Gasteiger partial charge in [0.2, 0.25) is 5.91 Å². The zero-order valence-corrected chi connectivity index (χ0v) is 11.7. The predicted molar refractivity (Wildman–Crippen MR) is 74.4 cm³/mol. The summed E-state index contributed by atoms with van der Waals surface area (Å²) in [6, 6.07) is 0.930. The molecule has 0 heterocycles. The molecule has 3 nitrogen and oxygen atoms in total. The molecular weight excluding hydrogens is 224 g/mol. The first-order chi connectivity index (χ1) is 8.75. The quantitative estimate of drug-likeness (QED) is 0.738. The van der Waals surface area contributed by atoms with Crippen molar-refractivity contribution in [3.05, 3.63) is 0 Å². The third-order valence-electron chi connectivity index (χ3n) is 4.66. The molecule has 2 fully saturated rings. The van der Waals surface area contributed by atoms with Crippen LogP contribution in [0.15, 0.2) is 0 Å². The highest BCUT2D eigenvalue weighted by Gasteiger charge is 2.24. The minimum Gasteiger partial charge on any atom is -0.352 e. The average molecular weight is 252 g/mol. The monoisotopic (exact) mass is 252 g/mol. The van der Waals surface area contributed by atoms with Crippen LogP contribution in [-0.4, -0.2) is 24.5 Å². The van der Waals surface area contributed by atoms with E-state index >= 15 is 0 Å². The molecule has 0 bridgehead atoms. The summed E-state index contributed by atoms with van der Waals surface area (Å²) >= 11 is 0. The number of hydrogen-bond acceptors (Lipinski definition) is 2.